The molecule has 0 saturated carbocycles. The first-order valence-corrected chi connectivity index (χ1v) is 25.1. The van der Waals surface area contributed by atoms with E-state index in [9.17, 15) is 0 Å². The molecule has 70 heavy (non-hydrogen) atoms. The monoisotopic (exact) mass is 927 g/mol. The van der Waals surface area contributed by atoms with Crippen LogP contribution in [0.4, 0.5) is 0 Å². The minimum atomic E-state index is 0.643. The van der Waals surface area contributed by atoms with Gasteiger partial charge in [-0.05, 0) is 90.0 Å². The molecule has 7 heteroatoms. The van der Waals surface area contributed by atoms with Crippen molar-refractivity contribution in [3.05, 3.63) is 224 Å². The third-order valence-electron chi connectivity index (χ3n) is 14.0. The summed E-state index contributed by atoms with van der Waals surface area (Å²) in [5, 5.41) is 9.74. The van der Waals surface area contributed by atoms with E-state index in [1.807, 2.05) is 59.1 Å². The topological polar surface area (TPSA) is 48.5 Å². The molecule has 0 aliphatic carbocycles. The molecular weight excluding hydrogens is 891 g/mol. The predicted octanol–water partition coefficient (Wildman–Crippen LogP) is 17.5. The molecule has 5 heterocycles. The molecule has 0 aliphatic rings. The highest BCUT2D eigenvalue weighted by atomic mass is 32.1. The zero-order valence-electron chi connectivity index (χ0n) is 37.4. The van der Waals surface area contributed by atoms with E-state index < -0.39 is 0 Å². The molecule has 0 aliphatic heterocycles. The molecule has 0 atom stereocenters. The first-order valence-electron chi connectivity index (χ1n) is 23.5. The maximum atomic E-state index is 5.26. The van der Waals surface area contributed by atoms with Gasteiger partial charge >= 0.3 is 0 Å². The summed E-state index contributed by atoms with van der Waals surface area (Å²) in [5.41, 5.74) is 12.2. The Morgan fingerprint density at radius 3 is 1.54 bits per heavy atom. The van der Waals surface area contributed by atoms with E-state index in [1.165, 1.54) is 78.7 Å². The summed E-state index contributed by atoms with van der Waals surface area (Å²) in [6.07, 6.45) is 0. The highest BCUT2D eigenvalue weighted by Crippen LogP contribution is 2.47. The normalized spacial score (nSPS) is 12.0. The number of aromatic nitrogens is 5. The lowest BCUT2D eigenvalue weighted by Gasteiger charge is -2.14. The van der Waals surface area contributed by atoms with Crippen LogP contribution in [0.5, 0.6) is 0 Å². The summed E-state index contributed by atoms with van der Waals surface area (Å²) in [7, 11) is 0. The van der Waals surface area contributed by atoms with Crippen molar-refractivity contribution in [2.45, 2.75) is 0 Å². The molecule has 0 fully saturated rings. The van der Waals surface area contributed by atoms with Crippen molar-refractivity contribution in [3.8, 4) is 56.7 Å². The van der Waals surface area contributed by atoms with Gasteiger partial charge in [0, 0.05) is 79.6 Å². The van der Waals surface area contributed by atoms with Gasteiger partial charge < -0.3 is 9.13 Å². The lowest BCUT2D eigenvalue weighted by atomic mass is 10.0. The molecule has 15 aromatic rings. The van der Waals surface area contributed by atoms with Crippen LogP contribution in [0.15, 0.2) is 224 Å². The van der Waals surface area contributed by atoms with Crippen LogP contribution < -0.4 is 0 Å². The third-order valence-corrected chi connectivity index (χ3v) is 16.3. The highest BCUT2D eigenvalue weighted by molar-refractivity contribution is 7.26. The molecule has 0 spiro atoms. The van der Waals surface area contributed by atoms with E-state index in [0.29, 0.717) is 17.5 Å². The largest absolute Gasteiger partial charge is 0.309 e. The maximum Gasteiger partial charge on any atom is 0.164 e. The lowest BCUT2D eigenvalue weighted by Crippen LogP contribution is -2.01. The average molecular weight is 928 g/mol. The number of benzene rings is 10. The number of fused-ring (bicyclic) bond motifs is 12. The smallest absolute Gasteiger partial charge is 0.164 e. The first kappa shape index (κ1) is 39.3. The fourth-order valence-corrected chi connectivity index (χ4v) is 13.1. The van der Waals surface area contributed by atoms with Crippen molar-refractivity contribution in [2.75, 3.05) is 0 Å². The minimum absolute atomic E-state index is 0.643. The number of hydrogen-bond donors (Lipinski definition) is 0. The number of rotatable bonds is 6. The molecular formula is C63H37N5S2. The Balaban J connectivity index is 1.03. The Hall–Kier alpha value is -8.75. The summed E-state index contributed by atoms with van der Waals surface area (Å²) < 4.78 is 9.93. The van der Waals surface area contributed by atoms with Gasteiger partial charge in [-0.25, -0.2) is 15.0 Å². The van der Waals surface area contributed by atoms with Gasteiger partial charge in [-0.3, -0.25) is 0 Å². The van der Waals surface area contributed by atoms with Crippen LogP contribution in [0.3, 0.4) is 0 Å². The molecule has 0 saturated heterocycles. The number of nitrogens with zero attached hydrogens (tertiary/aromatic N) is 5. The molecule has 0 amide bonds. The van der Waals surface area contributed by atoms with E-state index in [0.717, 1.165) is 44.5 Å². The SMILES string of the molecule is c1ccc(-c2nc(-c3ccccc3)nc(-c3ccc(-n4c5ccc(-c6ccc7sc8ccccc8c7c6)cc5c5cc6c(cc54)c4ccccc4n6-c4ccccc4)c4sc5ccccc5c34)n2)cc1. The fourth-order valence-electron chi connectivity index (χ4n) is 10.8. The summed E-state index contributed by atoms with van der Waals surface area (Å²) in [6, 6.07) is 81.0. The van der Waals surface area contributed by atoms with Gasteiger partial charge in [0.2, 0.25) is 0 Å². The standard InChI is InChI=1S/C63H37N5S2/c1-4-16-38(17-5-1)61-64-62(39-18-6-2-7-19-39)66-63(65-61)46-30-32-53(60-59(46)45-24-12-15-27-57(45)70-60)68-52-31-28-40(41-29-33-58-50(35-41)44-23-11-14-26-56(44)69-58)34-47(52)49-37-54-48(36-55(49)68)43-22-10-13-25-51(43)67(54)42-20-8-3-9-21-42/h1-37H. The van der Waals surface area contributed by atoms with Crippen molar-refractivity contribution in [1.82, 2.24) is 24.1 Å². The van der Waals surface area contributed by atoms with Crippen molar-refractivity contribution >= 4 is 107 Å². The lowest BCUT2D eigenvalue weighted by molar-refractivity contribution is 1.08. The van der Waals surface area contributed by atoms with Crippen LogP contribution in [0, 0.1) is 0 Å². The van der Waals surface area contributed by atoms with Gasteiger partial charge in [-0.15, -0.1) is 22.7 Å². The third kappa shape index (κ3) is 5.99. The second-order valence-electron chi connectivity index (χ2n) is 17.9. The van der Waals surface area contributed by atoms with Gasteiger partial charge in [0.05, 0.1) is 32.5 Å². The zero-order chi connectivity index (χ0) is 45.9. The Morgan fingerprint density at radius 2 is 0.814 bits per heavy atom. The van der Waals surface area contributed by atoms with Crippen molar-refractivity contribution in [2.24, 2.45) is 0 Å². The molecule has 0 bridgehead atoms. The fraction of sp³-hybridized carbons (Fsp3) is 0. The molecule has 15 rings (SSSR count). The van der Waals surface area contributed by atoms with Crippen LogP contribution in [0.25, 0.3) is 141 Å². The van der Waals surface area contributed by atoms with Gasteiger partial charge in [0.15, 0.2) is 17.5 Å². The number of para-hydroxylation sites is 2. The summed E-state index contributed by atoms with van der Waals surface area (Å²) in [5.74, 6) is 1.93. The Morgan fingerprint density at radius 1 is 0.300 bits per heavy atom. The van der Waals surface area contributed by atoms with Gasteiger partial charge in [0.25, 0.3) is 0 Å². The molecule has 5 nitrogen and oxygen atoms in total. The molecule has 0 radical (unpaired) electrons. The molecule has 0 N–H and O–H groups in total. The Bertz CT molecular complexity index is 4530. The second kappa shape index (κ2) is 15.4. The Kier molecular flexibility index (Phi) is 8.63. The second-order valence-corrected chi connectivity index (χ2v) is 20.1. The molecule has 0 unspecified atom stereocenters. The van der Waals surface area contributed by atoms with Crippen LogP contribution in [0.1, 0.15) is 0 Å². The van der Waals surface area contributed by atoms with Gasteiger partial charge in [-0.2, -0.15) is 0 Å². The number of hydrogen-bond acceptors (Lipinski definition) is 5. The average Bonchev–Trinajstić information content (AvgIpc) is 4.18. The minimum Gasteiger partial charge on any atom is -0.309 e. The van der Waals surface area contributed by atoms with E-state index in [-0.39, 0.29) is 0 Å². The quantitative estimate of drug-likeness (QED) is 0.167. The maximum absolute atomic E-state index is 5.26. The van der Waals surface area contributed by atoms with Crippen molar-refractivity contribution in [1.29, 1.82) is 0 Å². The Labute approximate surface area is 409 Å². The van der Waals surface area contributed by atoms with Gasteiger partial charge in [-0.1, -0.05) is 146 Å². The van der Waals surface area contributed by atoms with Crippen LogP contribution in [0.2, 0.25) is 0 Å². The molecule has 326 valence electrons. The van der Waals surface area contributed by atoms with E-state index in [4.69, 9.17) is 15.0 Å². The zero-order valence-corrected chi connectivity index (χ0v) is 39.0. The summed E-state index contributed by atoms with van der Waals surface area (Å²) in [6.45, 7) is 0. The summed E-state index contributed by atoms with van der Waals surface area (Å²) in [4.78, 5) is 15.6. The molecule has 10 aromatic carbocycles. The predicted molar refractivity (Wildman–Crippen MR) is 296 cm³/mol. The molecule has 5 aromatic heterocycles. The first-order chi connectivity index (χ1) is 34.7. The van der Waals surface area contributed by atoms with Gasteiger partial charge in [0.1, 0.15) is 0 Å². The van der Waals surface area contributed by atoms with E-state index in [2.05, 4.69) is 197 Å². The van der Waals surface area contributed by atoms with Crippen LogP contribution in [-0.4, -0.2) is 24.1 Å². The van der Waals surface area contributed by atoms with Crippen LogP contribution in [-0.2, 0) is 0 Å². The van der Waals surface area contributed by atoms with Crippen molar-refractivity contribution < 1.29 is 0 Å². The summed E-state index contributed by atoms with van der Waals surface area (Å²) >= 11 is 3.69. The van der Waals surface area contributed by atoms with E-state index in [1.54, 1.807) is 0 Å². The number of thiophene rings is 2. The highest BCUT2D eigenvalue weighted by Gasteiger charge is 2.24. The van der Waals surface area contributed by atoms with Crippen molar-refractivity contribution in [3.63, 3.8) is 0 Å². The van der Waals surface area contributed by atoms with E-state index >= 15 is 0 Å². The van der Waals surface area contributed by atoms with Crippen LogP contribution >= 0.6 is 22.7 Å².